The Labute approximate surface area is 201 Å². The van der Waals surface area contributed by atoms with Gasteiger partial charge in [0.2, 0.25) is 0 Å². The molecule has 2 amide bonds. The number of amides is 2. The number of ether oxygens (including phenoxy) is 2. The second kappa shape index (κ2) is 12.5. The van der Waals surface area contributed by atoms with Crippen molar-refractivity contribution < 1.29 is 33.4 Å². The van der Waals surface area contributed by atoms with Crippen LogP contribution in [0.5, 0.6) is 0 Å². The molecule has 1 aromatic heterocycles. The third kappa shape index (κ3) is 7.57. The van der Waals surface area contributed by atoms with Crippen LogP contribution in [0.2, 0.25) is 0 Å². The summed E-state index contributed by atoms with van der Waals surface area (Å²) in [5, 5.41) is 15.7. The van der Waals surface area contributed by atoms with Crippen LogP contribution in [0.15, 0.2) is 46.0 Å². The molecular formula is C23H29N3O7S. The Bertz CT molecular complexity index is 972. The van der Waals surface area contributed by atoms with Gasteiger partial charge in [-0.2, -0.15) is 0 Å². The highest BCUT2D eigenvalue weighted by molar-refractivity contribution is 8.04. The van der Waals surface area contributed by atoms with E-state index in [0.717, 1.165) is 11.8 Å². The molecule has 10 nitrogen and oxygen atoms in total. The first-order valence-electron chi connectivity index (χ1n) is 11.0. The number of oxazole rings is 1. The normalized spacial score (nSPS) is 27.5. The highest BCUT2D eigenvalue weighted by Gasteiger charge is 2.28. The molecule has 0 aromatic carbocycles. The van der Waals surface area contributed by atoms with Crippen LogP contribution in [0.4, 0.5) is 0 Å². The van der Waals surface area contributed by atoms with Gasteiger partial charge in [0, 0.05) is 25.8 Å². The maximum absolute atomic E-state index is 12.8. The van der Waals surface area contributed by atoms with E-state index in [4.69, 9.17) is 13.9 Å². The molecule has 4 atom stereocenters. The number of carbonyl (C=O) groups is 3. The summed E-state index contributed by atoms with van der Waals surface area (Å²) in [6, 6.07) is -0.995. The number of thioether (sulfide) groups is 1. The highest BCUT2D eigenvalue weighted by atomic mass is 32.2. The van der Waals surface area contributed by atoms with Crippen molar-refractivity contribution >= 4 is 29.5 Å². The summed E-state index contributed by atoms with van der Waals surface area (Å²) >= 11 is 1.16. The van der Waals surface area contributed by atoms with Crippen molar-refractivity contribution in [3.63, 3.8) is 0 Å². The zero-order chi connectivity index (χ0) is 24.5. The number of fused-ring (bicyclic) bond motifs is 5. The van der Waals surface area contributed by atoms with E-state index in [9.17, 15) is 19.5 Å². The molecule has 0 fully saturated rings. The Hall–Kier alpha value is -2.89. The van der Waals surface area contributed by atoms with Crippen molar-refractivity contribution in [2.75, 3.05) is 19.4 Å². The summed E-state index contributed by atoms with van der Waals surface area (Å²) in [7, 11) is 1.55. The fraction of sp³-hybridized carbons (Fsp3) is 0.478. The molecule has 0 radical (unpaired) electrons. The molecule has 0 aliphatic carbocycles. The highest BCUT2D eigenvalue weighted by Crippen LogP contribution is 2.22. The van der Waals surface area contributed by atoms with Crippen LogP contribution in [0.3, 0.4) is 0 Å². The van der Waals surface area contributed by atoms with Crippen LogP contribution in [-0.2, 0) is 25.5 Å². The topological polar surface area (TPSA) is 140 Å². The number of carbonyl (C=O) groups excluding carboxylic acids is 3. The Morgan fingerprint density at radius 2 is 2.03 bits per heavy atom. The van der Waals surface area contributed by atoms with E-state index < -0.39 is 30.1 Å². The molecule has 4 bridgehead atoms. The van der Waals surface area contributed by atoms with E-state index in [1.54, 1.807) is 44.4 Å². The number of aliphatic hydroxyl groups excluding tert-OH is 1. The smallest absolute Gasteiger partial charge is 0.329 e. The molecule has 0 saturated carbocycles. The largest absolute Gasteiger partial charge is 0.461 e. The Kier molecular flexibility index (Phi) is 9.49. The summed E-state index contributed by atoms with van der Waals surface area (Å²) in [4.78, 5) is 42.6. The van der Waals surface area contributed by atoms with Gasteiger partial charge in [0.25, 0.3) is 11.8 Å². The minimum Gasteiger partial charge on any atom is -0.461 e. The van der Waals surface area contributed by atoms with Gasteiger partial charge in [-0.3, -0.25) is 9.59 Å². The number of aliphatic hydroxyl groups is 1. The molecule has 3 rings (SSSR count). The fourth-order valence-corrected chi connectivity index (χ4v) is 4.18. The number of rotatable bonds is 1. The number of allylic oxidation sites excluding steroid dienone is 2. The van der Waals surface area contributed by atoms with Gasteiger partial charge >= 0.3 is 5.97 Å². The maximum Gasteiger partial charge on any atom is 0.329 e. The maximum atomic E-state index is 12.8. The van der Waals surface area contributed by atoms with Crippen molar-refractivity contribution in [1.29, 1.82) is 0 Å². The summed E-state index contributed by atoms with van der Waals surface area (Å²) in [5.74, 6) is -1.21. The van der Waals surface area contributed by atoms with Gasteiger partial charge in [-0.1, -0.05) is 30.4 Å². The molecule has 0 spiro atoms. The third-order valence-corrected chi connectivity index (χ3v) is 6.28. The third-order valence-electron chi connectivity index (χ3n) is 5.11. The molecule has 3 N–H and O–H groups in total. The number of esters is 1. The standard InChI is InChI=1S/C23H29N3O7S/c1-14-8-9-19-22(29)24-11-16(31-2)7-5-3-4-6-15(27)10-20-25-17(12-32-20)21(28)26-18(13-34-19)23(30)33-14/h3-5,7,9,12,14-16,18,27H,6,8,10-11,13H2,1-2H3,(H,24,29)(H,26,28)/t14-,15-,16?,18-/m1/s1. The second-order valence-electron chi connectivity index (χ2n) is 7.91. The van der Waals surface area contributed by atoms with E-state index in [0.29, 0.717) is 17.7 Å². The lowest BCUT2D eigenvalue weighted by Gasteiger charge is -2.18. The molecule has 3 heterocycles. The number of methoxy groups -OCH3 is 1. The first-order chi connectivity index (χ1) is 16.4. The molecular weight excluding hydrogens is 462 g/mol. The summed E-state index contributed by atoms with van der Waals surface area (Å²) in [6.07, 6.45) is 9.29. The molecule has 2 aliphatic heterocycles. The van der Waals surface area contributed by atoms with Crippen molar-refractivity contribution in [3.8, 4) is 0 Å². The van der Waals surface area contributed by atoms with Crippen LogP contribution in [0.25, 0.3) is 0 Å². The lowest BCUT2D eigenvalue weighted by molar-refractivity contribution is -0.149. The molecule has 2 aliphatic rings. The molecule has 184 valence electrons. The van der Waals surface area contributed by atoms with Crippen molar-refractivity contribution in [3.05, 3.63) is 53.1 Å². The minimum atomic E-state index is -0.995. The SMILES string of the molecule is COC1C=CC=CC[C@@H](O)Cc2nc(co2)C(=O)N[C@@H]2CSC(=CC[C@@H](C)OC2=O)C(=O)NC1. The van der Waals surface area contributed by atoms with Gasteiger partial charge < -0.3 is 29.6 Å². The van der Waals surface area contributed by atoms with E-state index in [1.807, 2.05) is 0 Å². The van der Waals surface area contributed by atoms with Gasteiger partial charge in [0.05, 0.1) is 23.5 Å². The molecule has 1 aromatic rings. The number of hydrogen-bond donors (Lipinski definition) is 3. The summed E-state index contributed by atoms with van der Waals surface area (Å²) < 4.78 is 16.1. The number of aromatic nitrogens is 1. The Morgan fingerprint density at radius 3 is 2.82 bits per heavy atom. The molecule has 34 heavy (non-hydrogen) atoms. The first kappa shape index (κ1) is 25.7. The van der Waals surface area contributed by atoms with E-state index in [2.05, 4.69) is 15.6 Å². The van der Waals surface area contributed by atoms with Crippen LogP contribution in [0, 0.1) is 0 Å². The van der Waals surface area contributed by atoms with Gasteiger partial charge in [-0.25, -0.2) is 9.78 Å². The number of nitrogens with one attached hydrogen (secondary N) is 2. The Balaban J connectivity index is 1.85. The average molecular weight is 492 g/mol. The number of nitrogens with zero attached hydrogens (tertiary/aromatic N) is 1. The van der Waals surface area contributed by atoms with E-state index in [-0.39, 0.29) is 42.3 Å². The number of cyclic esters (lactones) is 1. The van der Waals surface area contributed by atoms with Crippen LogP contribution >= 0.6 is 11.8 Å². The summed E-state index contributed by atoms with van der Waals surface area (Å²) in [5.41, 5.74) is -0.0140. The molecule has 1 unspecified atom stereocenters. The summed E-state index contributed by atoms with van der Waals surface area (Å²) in [6.45, 7) is 1.96. The quantitative estimate of drug-likeness (QED) is 0.496. The van der Waals surface area contributed by atoms with Gasteiger partial charge in [0.1, 0.15) is 18.4 Å². The zero-order valence-corrected chi connectivity index (χ0v) is 19.9. The van der Waals surface area contributed by atoms with Crippen molar-refractivity contribution in [1.82, 2.24) is 15.6 Å². The van der Waals surface area contributed by atoms with E-state index in [1.165, 1.54) is 6.26 Å². The van der Waals surface area contributed by atoms with Crippen LogP contribution in [0.1, 0.15) is 36.1 Å². The predicted octanol–water partition coefficient (Wildman–Crippen LogP) is 1.28. The lowest BCUT2D eigenvalue weighted by Crippen LogP contribution is -2.44. The Morgan fingerprint density at radius 1 is 1.21 bits per heavy atom. The molecule has 0 saturated heterocycles. The predicted molar refractivity (Wildman–Crippen MR) is 125 cm³/mol. The van der Waals surface area contributed by atoms with Crippen molar-refractivity contribution in [2.45, 2.75) is 50.5 Å². The fourth-order valence-electron chi connectivity index (χ4n) is 3.20. The van der Waals surface area contributed by atoms with Crippen molar-refractivity contribution in [2.24, 2.45) is 0 Å². The van der Waals surface area contributed by atoms with Gasteiger partial charge in [-0.05, 0) is 13.3 Å². The molecule has 11 heteroatoms. The number of hydrogen-bond acceptors (Lipinski definition) is 9. The minimum absolute atomic E-state index is 0.0140. The first-order valence-corrected chi connectivity index (χ1v) is 12.0. The zero-order valence-electron chi connectivity index (χ0n) is 19.1. The lowest BCUT2D eigenvalue weighted by atomic mass is 10.1. The monoisotopic (exact) mass is 491 g/mol. The average Bonchev–Trinajstić information content (AvgIpc) is 3.28. The van der Waals surface area contributed by atoms with Crippen LogP contribution in [-0.4, -0.2) is 71.6 Å². The second-order valence-corrected chi connectivity index (χ2v) is 8.97. The van der Waals surface area contributed by atoms with Gasteiger partial charge in [-0.15, -0.1) is 11.8 Å². The van der Waals surface area contributed by atoms with E-state index >= 15 is 0 Å². The van der Waals surface area contributed by atoms with Crippen LogP contribution < -0.4 is 10.6 Å². The van der Waals surface area contributed by atoms with Gasteiger partial charge in [0.15, 0.2) is 11.6 Å².